The van der Waals surface area contributed by atoms with Crippen molar-refractivity contribution in [3.05, 3.63) is 34.1 Å². The first-order valence-corrected chi connectivity index (χ1v) is 4.68. The lowest BCUT2D eigenvalue weighted by molar-refractivity contribution is 0.625. The lowest BCUT2D eigenvalue weighted by atomic mass is 10.0. The first kappa shape index (κ1) is 10.5. The van der Waals surface area contributed by atoms with Crippen molar-refractivity contribution in [3.8, 4) is 0 Å². The molecule has 0 unspecified atom stereocenters. The van der Waals surface area contributed by atoms with Gasteiger partial charge in [0, 0.05) is 0 Å². The van der Waals surface area contributed by atoms with E-state index in [4.69, 9.17) is 17.3 Å². The molecule has 0 bridgehead atoms. The highest BCUT2D eigenvalue weighted by molar-refractivity contribution is 6.31. The summed E-state index contributed by atoms with van der Waals surface area (Å²) in [5.74, 6) is -0.351. The number of rotatable bonds is 3. The van der Waals surface area contributed by atoms with Gasteiger partial charge in [0.2, 0.25) is 0 Å². The lowest BCUT2D eigenvalue weighted by Crippen LogP contribution is -2.01. The molecule has 0 saturated carbocycles. The summed E-state index contributed by atoms with van der Waals surface area (Å²) >= 11 is 5.76. The molecular formula is C10H13ClFN. The smallest absolute Gasteiger partial charge is 0.142 e. The number of aryl methyl sites for hydroxylation is 1. The Labute approximate surface area is 82.7 Å². The summed E-state index contributed by atoms with van der Waals surface area (Å²) < 4.78 is 12.9. The monoisotopic (exact) mass is 201 g/mol. The third-order valence-electron chi connectivity index (χ3n) is 2.10. The van der Waals surface area contributed by atoms with Gasteiger partial charge in [0.25, 0.3) is 0 Å². The summed E-state index contributed by atoms with van der Waals surface area (Å²) in [4.78, 5) is 0. The van der Waals surface area contributed by atoms with Gasteiger partial charge in [-0.2, -0.15) is 0 Å². The molecule has 0 spiro atoms. The Morgan fingerprint density at radius 3 is 2.77 bits per heavy atom. The minimum atomic E-state index is -0.351. The summed E-state index contributed by atoms with van der Waals surface area (Å²) in [6, 6.07) is 3.17. The van der Waals surface area contributed by atoms with E-state index < -0.39 is 0 Å². The molecule has 0 amide bonds. The molecule has 0 aromatic heterocycles. The summed E-state index contributed by atoms with van der Waals surface area (Å²) in [5.41, 5.74) is 7.30. The van der Waals surface area contributed by atoms with Crippen LogP contribution in [-0.4, -0.2) is 6.54 Å². The lowest BCUT2D eigenvalue weighted by Gasteiger charge is -2.07. The normalized spacial score (nSPS) is 10.5. The number of hydrogen-bond acceptors (Lipinski definition) is 1. The second kappa shape index (κ2) is 4.58. The van der Waals surface area contributed by atoms with Crippen molar-refractivity contribution in [1.29, 1.82) is 0 Å². The molecular weight excluding hydrogens is 189 g/mol. The Kier molecular flexibility index (Phi) is 3.70. The Bertz CT molecular complexity index is 299. The summed E-state index contributed by atoms with van der Waals surface area (Å²) in [6.45, 7) is 2.48. The molecule has 1 nitrogen and oxygen atoms in total. The van der Waals surface area contributed by atoms with Gasteiger partial charge in [-0.25, -0.2) is 4.39 Å². The highest BCUT2D eigenvalue weighted by Gasteiger charge is 2.06. The zero-order valence-corrected chi connectivity index (χ0v) is 8.37. The van der Waals surface area contributed by atoms with Crippen LogP contribution in [0.3, 0.4) is 0 Å². The fourth-order valence-corrected chi connectivity index (χ4v) is 1.44. The summed E-state index contributed by atoms with van der Waals surface area (Å²) in [6.07, 6.45) is 1.77. The fraction of sp³-hybridized carbons (Fsp3) is 0.400. The molecule has 1 rings (SSSR count). The van der Waals surface area contributed by atoms with E-state index in [9.17, 15) is 4.39 Å². The fourth-order valence-electron chi connectivity index (χ4n) is 1.26. The van der Waals surface area contributed by atoms with E-state index in [-0.39, 0.29) is 10.8 Å². The van der Waals surface area contributed by atoms with Gasteiger partial charge in [-0.3, -0.25) is 0 Å². The average Bonchev–Trinajstić information content (AvgIpc) is 2.13. The SMILES string of the molecule is Cc1c(CCCN)ccc(F)c1Cl. The summed E-state index contributed by atoms with van der Waals surface area (Å²) in [5, 5.41) is 0.231. The molecule has 2 N–H and O–H groups in total. The molecule has 0 aliphatic heterocycles. The zero-order chi connectivity index (χ0) is 9.84. The van der Waals surface area contributed by atoms with Crippen LogP contribution in [0.2, 0.25) is 5.02 Å². The van der Waals surface area contributed by atoms with Gasteiger partial charge in [0.05, 0.1) is 5.02 Å². The Morgan fingerprint density at radius 2 is 2.15 bits per heavy atom. The minimum Gasteiger partial charge on any atom is -0.330 e. The minimum absolute atomic E-state index is 0.231. The van der Waals surface area contributed by atoms with Gasteiger partial charge in [-0.1, -0.05) is 17.7 Å². The molecule has 13 heavy (non-hydrogen) atoms. The quantitative estimate of drug-likeness (QED) is 0.800. The van der Waals surface area contributed by atoms with E-state index in [1.54, 1.807) is 6.07 Å². The van der Waals surface area contributed by atoms with Gasteiger partial charge >= 0.3 is 0 Å². The van der Waals surface area contributed by atoms with Gasteiger partial charge in [0.15, 0.2) is 0 Å². The topological polar surface area (TPSA) is 26.0 Å². The number of halogens is 2. The third kappa shape index (κ3) is 2.42. The molecule has 0 aliphatic carbocycles. The van der Waals surface area contributed by atoms with Crippen LogP contribution < -0.4 is 5.73 Å². The van der Waals surface area contributed by atoms with E-state index in [0.717, 1.165) is 24.0 Å². The maximum absolute atomic E-state index is 12.9. The van der Waals surface area contributed by atoms with E-state index in [1.807, 2.05) is 6.92 Å². The largest absolute Gasteiger partial charge is 0.330 e. The Hall–Kier alpha value is -0.600. The molecule has 0 atom stereocenters. The van der Waals surface area contributed by atoms with E-state index in [2.05, 4.69) is 0 Å². The molecule has 0 heterocycles. The van der Waals surface area contributed by atoms with Crippen LogP contribution in [0.15, 0.2) is 12.1 Å². The predicted molar refractivity (Wildman–Crippen MR) is 53.5 cm³/mol. The molecule has 72 valence electrons. The van der Waals surface area contributed by atoms with Crippen LogP contribution in [0, 0.1) is 12.7 Å². The Balaban J connectivity index is 2.90. The third-order valence-corrected chi connectivity index (χ3v) is 2.57. The molecule has 0 saturated heterocycles. The second-order valence-electron chi connectivity index (χ2n) is 3.04. The highest BCUT2D eigenvalue weighted by Crippen LogP contribution is 2.23. The number of nitrogens with two attached hydrogens (primary N) is 1. The van der Waals surface area contributed by atoms with Crippen molar-refractivity contribution in [2.75, 3.05) is 6.54 Å². The van der Waals surface area contributed by atoms with Crippen LogP contribution in [0.25, 0.3) is 0 Å². The van der Waals surface area contributed by atoms with E-state index >= 15 is 0 Å². The first-order valence-electron chi connectivity index (χ1n) is 4.30. The van der Waals surface area contributed by atoms with Crippen LogP contribution in [-0.2, 0) is 6.42 Å². The first-order chi connectivity index (χ1) is 6.16. The number of benzene rings is 1. The Morgan fingerprint density at radius 1 is 1.46 bits per heavy atom. The zero-order valence-electron chi connectivity index (χ0n) is 7.61. The molecule has 0 fully saturated rings. The van der Waals surface area contributed by atoms with Crippen molar-refractivity contribution in [3.63, 3.8) is 0 Å². The van der Waals surface area contributed by atoms with Crippen LogP contribution in [0.4, 0.5) is 4.39 Å². The molecule has 1 aromatic carbocycles. The van der Waals surface area contributed by atoms with Gasteiger partial charge in [-0.05, 0) is 43.5 Å². The summed E-state index contributed by atoms with van der Waals surface area (Å²) in [7, 11) is 0. The van der Waals surface area contributed by atoms with Crippen LogP contribution >= 0.6 is 11.6 Å². The van der Waals surface area contributed by atoms with Gasteiger partial charge in [0.1, 0.15) is 5.82 Å². The van der Waals surface area contributed by atoms with E-state index in [1.165, 1.54) is 6.07 Å². The van der Waals surface area contributed by atoms with Crippen molar-refractivity contribution in [2.24, 2.45) is 5.73 Å². The number of hydrogen-bond donors (Lipinski definition) is 1. The van der Waals surface area contributed by atoms with Crippen molar-refractivity contribution < 1.29 is 4.39 Å². The van der Waals surface area contributed by atoms with Gasteiger partial charge in [-0.15, -0.1) is 0 Å². The molecule has 0 aliphatic rings. The van der Waals surface area contributed by atoms with Crippen molar-refractivity contribution in [1.82, 2.24) is 0 Å². The maximum Gasteiger partial charge on any atom is 0.142 e. The van der Waals surface area contributed by atoms with Crippen LogP contribution in [0.5, 0.6) is 0 Å². The standard InChI is InChI=1S/C10H13ClFN/c1-7-8(3-2-6-13)4-5-9(12)10(7)11/h4-5H,2-3,6,13H2,1H3. The molecule has 0 radical (unpaired) electrons. The molecule has 1 aromatic rings. The van der Waals surface area contributed by atoms with Crippen molar-refractivity contribution in [2.45, 2.75) is 19.8 Å². The second-order valence-corrected chi connectivity index (χ2v) is 3.42. The van der Waals surface area contributed by atoms with Crippen molar-refractivity contribution >= 4 is 11.6 Å². The maximum atomic E-state index is 12.9. The highest BCUT2D eigenvalue weighted by atomic mass is 35.5. The van der Waals surface area contributed by atoms with Gasteiger partial charge < -0.3 is 5.73 Å². The molecule has 3 heteroatoms. The average molecular weight is 202 g/mol. The predicted octanol–water partition coefficient (Wildman–Crippen LogP) is 2.68. The van der Waals surface area contributed by atoms with E-state index in [0.29, 0.717) is 6.54 Å². The van der Waals surface area contributed by atoms with Crippen LogP contribution in [0.1, 0.15) is 17.5 Å².